The molecule has 0 N–H and O–H groups in total. The number of aryl methyl sites for hydroxylation is 1. The van der Waals surface area contributed by atoms with Gasteiger partial charge < -0.3 is 14.6 Å². The molecule has 0 amide bonds. The van der Waals surface area contributed by atoms with Crippen LogP contribution in [0.1, 0.15) is 13.8 Å². The number of carboxylic acid groups (broad SMARTS) is 1. The van der Waals surface area contributed by atoms with Crippen molar-refractivity contribution in [2.45, 2.75) is 24.1 Å². The molecule has 0 aliphatic carbocycles. The van der Waals surface area contributed by atoms with Gasteiger partial charge in [0.15, 0.2) is 11.5 Å². The largest absolute Gasteiger partial charge is 0.549 e. The maximum absolute atomic E-state index is 12.7. The van der Waals surface area contributed by atoms with Gasteiger partial charge in [-0.1, -0.05) is 11.8 Å². The lowest BCUT2D eigenvalue weighted by Gasteiger charge is -2.15. The number of ether oxygens (including phenoxy) is 1. The molecule has 0 bridgehead atoms. The average Bonchev–Trinajstić information content (AvgIpc) is 2.70. The second kappa shape index (κ2) is 8.08. The predicted octanol–water partition coefficient (Wildman–Crippen LogP) is 0.323. The zero-order valence-corrected chi connectivity index (χ0v) is 17.1. The Balaban J connectivity index is 2.28. The Morgan fingerprint density at radius 1 is 1.17 bits per heavy atom. The summed E-state index contributed by atoms with van der Waals surface area (Å²) in [6, 6.07) is 7.02. The van der Waals surface area contributed by atoms with E-state index in [1.165, 1.54) is 25.6 Å². The molecule has 1 atom stereocenters. The highest BCUT2D eigenvalue weighted by atomic mass is 32.2. The molecule has 10 heteroatoms. The number of aliphatic carboxylic acids is 1. The number of aromatic nitrogens is 4. The molecule has 0 aliphatic rings. The highest BCUT2D eigenvalue weighted by molar-refractivity contribution is 8.00. The Morgan fingerprint density at radius 3 is 2.41 bits per heavy atom. The molecule has 0 aliphatic heterocycles. The molecule has 0 radical (unpaired) electrons. The Kier molecular flexibility index (Phi) is 5.73. The van der Waals surface area contributed by atoms with Crippen LogP contribution in [0.5, 0.6) is 5.75 Å². The fraction of sp³-hybridized carbons (Fsp3) is 0.316. The van der Waals surface area contributed by atoms with Crippen molar-refractivity contribution in [3.05, 3.63) is 45.1 Å². The van der Waals surface area contributed by atoms with Crippen molar-refractivity contribution in [2.75, 3.05) is 6.61 Å². The van der Waals surface area contributed by atoms with Crippen molar-refractivity contribution < 1.29 is 14.6 Å². The third-order valence-corrected chi connectivity index (χ3v) is 5.38. The minimum absolute atomic E-state index is 0.0855. The van der Waals surface area contributed by atoms with Crippen molar-refractivity contribution in [1.82, 2.24) is 19.1 Å². The Bertz CT molecular complexity index is 1200. The lowest BCUT2D eigenvalue weighted by Crippen LogP contribution is -2.38. The SMILES string of the molecule is CCOc1ccc(-c2nc(S[C@@H](C)C(=O)[O-])c3c(=O)n(C)c(=O)n(C)c3n2)cc1. The Labute approximate surface area is 170 Å². The second-order valence-corrected chi connectivity index (χ2v) is 7.62. The van der Waals surface area contributed by atoms with Crippen LogP contribution in [0.2, 0.25) is 0 Å². The first kappa shape index (κ1) is 20.6. The number of hydrogen-bond acceptors (Lipinski definition) is 8. The minimum Gasteiger partial charge on any atom is -0.549 e. The van der Waals surface area contributed by atoms with Crippen LogP contribution in [0, 0.1) is 0 Å². The van der Waals surface area contributed by atoms with E-state index in [1.54, 1.807) is 24.3 Å². The predicted molar refractivity (Wildman–Crippen MR) is 107 cm³/mol. The molecule has 0 saturated carbocycles. The number of carbonyl (C=O) groups excluding carboxylic acids is 1. The summed E-state index contributed by atoms with van der Waals surface area (Å²) in [5, 5.41) is 10.5. The second-order valence-electron chi connectivity index (χ2n) is 6.29. The van der Waals surface area contributed by atoms with Gasteiger partial charge in [-0.3, -0.25) is 13.9 Å². The lowest BCUT2D eigenvalue weighted by atomic mass is 10.2. The molecule has 29 heavy (non-hydrogen) atoms. The van der Waals surface area contributed by atoms with Crippen LogP contribution in [0.15, 0.2) is 38.9 Å². The van der Waals surface area contributed by atoms with Crippen molar-refractivity contribution in [3.63, 3.8) is 0 Å². The number of carbonyl (C=O) groups is 1. The number of thioether (sulfide) groups is 1. The topological polar surface area (TPSA) is 119 Å². The van der Waals surface area contributed by atoms with E-state index in [1.807, 2.05) is 6.92 Å². The summed E-state index contributed by atoms with van der Waals surface area (Å²) < 4.78 is 7.61. The fourth-order valence-electron chi connectivity index (χ4n) is 2.73. The normalized spacial score (nSPS) is 12.1. The molecule has 0 fully saturated rings. The van der Waals surface area contributed by atoms with Gasteiger partial charge in [-0.15, -0.1) is 0 Å². The van der Waals surface area contributed by atoms with Crippen LogP contribution < -0.4 is 21.1 Å². The highest BCUT2D eigenvalue weighted by Gasteiger charge is 2.20. The van der Waals surface area contributed by atoms with E-state index in [4.69, 9.17) is 4.74 Å². The lowest BCUT2D eigenvalue weighted by molar-refractivity contribution is -0.304. The first-order valence-electron chi connectivity index (χ1n) is 8.83. The zero-order valence-electron chi connectivity index (χ0n) is 16.3. The number of hydrogen-bond donors (Lipinski definition) is 0. The van der Waals surface area contributed by atoms with E-state index in [9.17, 15) is 19.5 Å². The van der Waals surface area contributed by atoms with Crippen molar-refractivity contribution in [1.29, 1.82) is 0 Å². The van der Waals surface area contributed by atoms with Gasteiger partial charge in [-0.25, -0.2) is 14.8 Å². The average molecular weight is 415 g/mol. The third-order valence-electron chi connectivity index (χ3n) is 4.31. The number of benzene rings is 1. The molecule has 1 aromatic carbocycles. The van der Waals surface area contributed by atoms with E-state index in [2.05, 4.69) is 9.97 Å². The van der Waals surface area contributed by atoms with E-state index in [0.29, 0.717) is 17.9 Å². The number of nitrogens with zero attached hydrogens (tertiary/aromatic N) is 4. The highest BCUT2D eigenvalue weighted by Crippen LogP contribution is 2.29. The summed E-state index contributed by atoms with van der Waals surface area (Å²) in [6.45, 7) is 3.85. The summed E-state index contributed by atoms with van der Waals surface area (Å²) in [5.74, 6) is -0.346. The molecule has 0 unspecified atom stereocenters. The summed E-state index contributed by atoms with van der Waals surface area (Å²) >= 11 is 0.872. The number of rotatable bonds is 6. The molecule has 2 aromatic heterocycles. The summed E-state index contributed by atoms with van der Waals surface area (Å²) in [4.78, 5) is 45.2. The van der Waals surface area contributed by atoms with Crippen molar-refractivity contribution >= 4 is 28.8 Å². The molecule has 0 saturated heterocycles. The van der Waals surface area contributed by atoms with E-state index < -0.39 is 22.5 Å². The summed E-state index contributed by atoms with van der Waals surface area (Å²) in [7, 11) is 2.84. The summed E-state index contributed by atoms with van der Waals surface area (Å²) in [6.07, 6.45) is 0. The molecule has 0 spiro atoms. The summed E-state index contributed by atoms with van der Waals surface area (Å²) in [5.41, 5.74) is -0.367. The van der Waals surface area contributed by atoms with Gasteiger partial charge in [-0.2, -0.15) is 0 Å². The van der Waals surface area contributed by atoms with Crippen molar-refractivity contribution in [3.8, 4) is 17.1 Å². The van der Waals surface area contributed by atoms with Gasteiger partial charge in [0.1, 0.15) is 16.2 Å². The van der Waals surface area contributed by atoms with Crippen LogP contribution in [0.3, 0.4) is 0 Å². The van der Waals surface area contributed by atoms with Gasteiger partial charge in [0.25, 0.3) is 5.56 Å². The molecular weight excluding hydrogens is 396 g/mol. The van der Waals surface area contributed by atoms with E-state index >= 15 is 0 Å². The molecule has 152 valence electrons. The quantitative estimate of drug-likeness (QED) is 0.417. The molecular formula is C19H19N4O5S-. The zero-order chi connectivity index (χ0) is 21.3. The van der Waals surface area contributed by atoms with Crippen LogP contribution in [0.25, 0.3) is 22.4 Å². The maximum atomic E-state index is 12.7. The molecule has 9 nitrogen and oxygen atoms in total. The van der Waals surface area contributed by atoms with Crippen LogP contribution >= 0.6 is 11.8 Å². The van der Waals surface area contributed by atoms with Gasteiger partial charge in [0, 0.05) is 24.9 Å². The fourth-order valence-corrected chi connectivity index (χ4v) is 3.59. The van der Waals surface area contributed by atoms with Crippen molar-refractivity contribution in [2.24, 2.45) is 14.1 Å². The van der Waals surface area contributed by atoms with Gasteiger partial charge in [0.2, 0.25) is 0 Å². The maximum Gasteiger partial charge on any atom is 0.332 e. The van der Waals surface area contributed by atoms with Gasteiger partial charge in [-0.05, 0) is 38.1 Å². The molecule has 3 rings (SSSR count). The van der Waals surface area contributed by atoms with E-state index in [-0.39, 0.29) is 21.9 Å². The monoisotopic (exact) mass is 415 g/mol. The first-order chi connectivity index (χ1) is 13.7. The minimum atomic E-state index is -1.29. The van der Waals surface area contributed by atoms with E-state index in [0.717, 1.165) is 16.3 Å². The molecule has 3 aromatic rings. The number of carboxylic acids is 1. The standard InChI is InChI=1S/C19H20N4O5S/c1-5-28-12-8-6-11(7-9-12)14-20-15-13(16(21-14)29-10(2)18(25)26)17(24)23(4)19(27)22(15)3/h6-10H,5H2,1-4H3,(H,25,26)/p-1/t10-/m0/s1. The Morgan fingerprint density at radius 2 is 1.83 bits per heavy atom. The van der Waals surface area contributed by atoms with Gasteiger partial charge in [0.05, 0.1) is 12.6 Å². The van der Waals surface area contributed by atoms with Crippen LogP contribution in [0.4, 0.5) is 0 Å². The molecule has 2 heterocycles. The first-order valence-corrected chi connectivity index (χ1v) is 9.71. The van der Waals surface area contributed by atoms with Crippen LogP contribution in [-0.4, -0.2) is 36.9 Å². The third kappa shape index (κ3) is 3.88. The van der Waals surface area contributed by atoms with Crippen LogP contribution in [-0.2, 0) is 18.9 Å². The number of fused-ring (bicyclic) bond motifs is 1. The Hall–Kier alpha value is -3.14. The van der Waals surface area contributed by atoms with Gasteiger partial charge >= 0.3 is 5.69 Å². The smallest absolute Gasteiger partial charge is 0.332 e.